The first-order valence-corrected chi connectivity index (χ1v) is 9.95. The van der Waals surface area contributed by atoms with Gasteiger partial charge in [0.25, 0.3) is 0 Å². The maximum absolute atomic E-state index is 12.3. The second kappa shape index (κ2) is 8.93. The molecule has 1 fully saturated rings. The van der Waals surface area contributed by atoms with Gasteiger partial charge in [-0.3, -0.25) is 9.69 Å². The van der Waals surface area contributed by atoms with E-state index in [-0.39, 0.29) is 11.9 Å². The Morgan fingerprint density at radius 3 is 2.32 bits per heavy atom. The van der Waals surface area contributed by atoms with Gasteiger partial charge in [0, 0.05) is 10.5 Å². The zero-order chi connectivity index (χ0) is 20.1. The molecule has 5 heteroatoms. The van der Waals surface area contributed by atoms with Crippen molar-refractivity contribution in [3.63, 3.8) is 0 Å². The highest BCUT2D eigenvalue weighted by atomic mass is 32.2. The van der Waals surface area contributed by atoms with Crippen molar-refractivity contribution >= 4 is 29.2 Å². The average molecular weight is 394 g/mol. The van der Waals surface area contributed by atoms with E-state index >= 15 is 0 Å². The van der Waals surface area contributed by atoms with E-state index in [4.69, 9.17) is 4.74 Å². The van der Waals surface area contributed by atoms with Crippen molar-refractivity contribution in [3.8, 4) is 0 Å². The number of nitrogens with zero attached hydrogens (tertiary/aromatic N) is 1. The van der Waals surface area contributed by atoms with Gasteiger partial charge in [0.05, 0.1) is 11.6 Å². The number of hydrogen-bond donors (Lipinski definition) is 0. The molecule has 3 rings (SSSR count). The molecule has 0 saturated carbocycles. The van der Waals surface area contributed by atoms with Crippen LogP contribution in [-0.2, 0) is 4.74 Å². The SMILES string of the molecule is C=CC/C(=C(\Sc1ccc(C)cc1)N1CCOC1=O)c1ccc(C(C)=O)cc1. The second-order valence-electron chi connectivity index (χ2n) is 6.59. The molecule has 0 aromatic heterocycles. The van der Waals surface area contributed by atoms with Crippen molar-refractivity contribution < 1.29 is 14.3 Å². The van der Waals surface area contributed by atoms with Crippen LogP contribution in [0.25, 0.3) is 5.57 Å². The topological polar surface area (TPSA) is 46.6 Å². The summed E-state index contributed by atoms with van der Waals surface area (Å²) < 4.78 is 5.19. The monoisotopic (exact) mass is 393 g/mol. The fraction of sp³-hybridized carbons (Fsp3) is 0.217. The first-order chi connectivity index (χ1) is 13.5. The summed E-state index contributed by atoms with van der Waals surface area (Å²) in [5.74, 6) is 0.0261. The Labute approximate surface area is 169 Å². The number of ether oxygens (including phenoxy) is 1. The molecule has 1 heterocycles. The highest BCUT2D eigenvalue weighted by Crippen LogP contribution is 2.38. The third-order valence-corrected chi connectivity index (χ3v) is 5.66. The van der Waals surface area contributed by atoms with Gasteiger partial charge in [-0.2, -0.15) is 0 Å². The predicted molar refractivity (Wildman–Crippen MR) is 113 cm³/mol. The Hall–Kier alpha value is -2.79. The number of cyclic esters (lactones) is 1. The zero-order valence-corrected chi connectivity index (χ0v) is 16.9. The van der Waals surface area contributed by atoms with Gasteiger partial charge in [-0.1, -0.05) is 59.8 Å². The highest BCUT2D eigenvalue weighted by Gasteiger charge is 2.28. The molecule has 0 atom stereocenters. The molecule has 4 nitrogen and oxygen atoms in total. The summed E-state index contributed by atoms with van der Waals surface area (Å²) in [7, 11) is 0. The molecule has 2 aromatic rings. The first-order valence-electron chi connectivity index (χ1n) is 9.14. The number of carbonyl (C=O) groups excluding carboxylic acids is 2. The van der Waals surface area contributed by atoms with Crippen molar-refractivity contribution in [3.05, 3.63) is 82.9 Å². The fourth-order valence-electron chi connectivity index (χ4n) is 2.95. The molecule has 0 N–H and O–H groups in total. The number of thioether (sulfide) groups is 1. The highest BCUT2D eigenvalue weighted by molar-refractivity contribution is 8.03. The summed E-state index contributed by atoms with van der Waals surface area (Å²) >= 11 is 1.54. The number of rotatable bonds is 7. The lowest BCUT2D eigenvalue weighted by Crippen LogP contribution is -2.23. The van der Waals surface area contributed by atoms with E-state index in [1.807, 2.05) is 49.4 Å². The Balaban J connectivity index is 2.09. The number of Topliss-reactive ketones (excluding diaryl/α,β-unsaturated/α-hetero) is 1. The number of amides is 1. The van der Waals surface area contributed by atoms with E-state index in [1.54, 1.807) is 23.6 Å². The average Bonchev–Trinajstić information content (AvgIpc) is 3.12. The van der Waals surface area contributed by atoms with Crippen molar-refractivity contribution in [2.24, 2.45) is 0 Å². The molecule has 28 heavy (non-hydrogen) atoms. The third-order valence-electron chi connectivity index (χ3n) is 4.49. The van der Waals surface area contributed by atoms with Gasteiger partial charge in [0.1, 0.15) is 6.61 Å². The Morgan fingerprint density at radius 1 is 1.14 bits per heavy atom. The molecule has 0 aliphatic carbocycles. The number of aryl methyl sites for hydroxylation is 1. The van der Waals surface area contributed by atoms with Crippen molar-refractivity contribution in [2.75, 3.05) is 13.2 Å². The van der Waals surface area contributed by atoms with Gasteiger partial charge < -0.3 is 4.74 Å². The van der Waals surface area contributed by atoms with Gasteiger partial charge >= 0.3 is 6.09 Å². The van der Waals surface area contributed by atoms with Gasteiger partial charge in [0.15, 0.2) is 5.78 Å². The molecule has 1 saturated heterocycles. The molecule has 144 valence electrons. The Morgan fingerprint density at radius 2 is 1.79 bits per heavy atom. The van der Waals surface area contributed by atoms with Crippen LogP contribution in [0.3, 0.4) is 0 Å². The lowest BCUT2D eigenvalue weighted by molar-refractivity contribution is 0.101. The minimum absolute atomic E-state index is 0.0261. The van der Waals surface area contributed by atoms with Gasteiger partial charge in [-0.15, -0.1) is 6.58 Å². The summed E-state index contributed by atoms with van der Waals surface area (Å²) in [6.45, 7) is 8.37. The van der Waals surface area contributed by atoms with Crippen molar-refractivity contribution in [2.45, 2.75) is 25.2 Å². The molecule has 1 amide bonds. The molecule has 0 bridgehead atoms. The smallest absolute Gasteiger partial charge is 0.414 e. The summed E-state index contributed by atoms with van der Waals surface area (Å²) in [4.78, 5) is 26.7. The van der Waals surface area contributed by atoms with Crippen LogP contribution in [0, 0.1) is 6.92 Å². The van der Waals surface area contributed by atoms with Crippen LogP contribution in [0.5, 0.6) is 0 Å². The van der Waals surface area contributed by atoms with Gasteiger partial charge in [0.2, 0.25) is 0 Å². The van der Waals surface area contributed by atoms with Gasteiger partial charge in [-0.25, -0.2) is 4.79 Å². The van der Waals surface area contributed by atoms with Crippen LogP contribution in [0.4, 0.5) is 4.79 Å². The largest absolute Gasteiger partial charge is 0.447 e. The molecule has 1 aliphatic rings. The number of benzene rings is 2. The van der Waals surface area contributed by atoms with Crippen molar-refractivity contribution in [1.82, 2.24) is 4.90 Å². The number of ketones is 1. The van der Waals surface area contributed by atoms with E-state index in [1.165, 1.54) is 5.56 Å². The van der Waals surface area contributed by atoms with E-state index in [0.29, 0.717) is 25.1 Å². The van der Waals surface area contributed by atoms with Crippen LogP contribution in [0.15, 0.2) is 71.1 Å². The summed E-state index contributed by atoms with van der Waals surface area (Å²) in [5, 5.41) is 0.835. The summed E-state index contributed by atoms with van der Waals surface area (Å²) in [5.41, 5.74) is 3.78. The standard InChI is InChI=1S/C23H23NO3S/c1-4-5-21(19-10-8-18(9-11-19)17(3)25)22(24-14-15-27-23(24)26)28-20-12-6-16(2)7-13-20/h4,6-13H,1,5,14-15H2,2-3H3/b22-21+. The summed E-state index contributed by atoms with van der Waals surface area (Å²) in [6.07, 6.45) is 2.08. The van der Waals surface area contributed by atoms with Crippen LogP contribution >= 0.6 is 11.8 Å². The maximum Gasteiger partial charge on any atom is 0.414 e. The number of hydrogen-bond acceptors (Lipinski definition) is 4. The lowest BCUT2D eigenvalue weighted by Gasteiger charge is -2.21. The fourth-order valence-corrected chi connectivity index (χ4v) is 4.05. The zero-order valence-electron chi connectivity index (χ0n) is 16.1. The molecule has 0 unspecified atom stereocenters. The van der Waals surface area contributed by atoms with E-state index in [9.17, 15) is 9.59 Å². The molecule has 0 spiro atoms. The first kappa shape index (κ1) is 20.0. The van der Waals surface area contributed by atoms with E-state index in [0.717, 1.165) is 21.1 Å². The molecule has 2 aromatic carbocycles. The quantitative estimate of drug-likeness (QED) is 0.345. The van der Waals surface area contributed by atoms with Gasteiger partial charge in [-0.05, 0) is 43.5 Å². The third kappa shape index (κ3) is 4.54. The van der Waals surface area contributed by atoms with Crippen LogP contribution in [-0.4, -0.2) is 29.9 Å². The Bertz CT molecular complexity index is 914. The minimum Gasteiger partial charge on any atom is -0.447 e. The maximum atomic E-state index is 12.3. The van der Waals surface area contributed by atoms with E-state index in [2.05, 4.69) is 18.7 Å². The number of allylic oxidation sites excluding steroid dienone is 2. The van der Waals surface area contributed by atoms with Crippen LogP contribution < -0.4 is 0 Å². The molecule has 1 aliphatic heterocycles. The van der Waals surface area contributed by atoms with Crippen LogP contribution in [0.1, 0.15) is 34.8 Å². The minimum atomic E-state index is -0.337. The summed E-state index contributed by atoms with van der Waals surface area (Å²) in [6, 6.07) is 15.7. The normalized spacial score (nSPS) is 14.5. The number of carbonyl (C=O) groups is 2. The van der Waals surface area contributed by atoms with Crippen LogP contribution in [0.2, 0.25) is 0 Å². The molecular weight excluding hydrogens is 370 g/mol. The van der Waals surface area contributed by atoms with E-state index < -0.39 is 0 Å². The predicted octanol–water partition coefficient (Wildman–Crippen LogP) is 5.69. The molecule has 0 radical (unpaired) electrons. The second-order valence-corrected chi connectivity index (χ2v) is 7.65. The molecular formula is C23H23NO3S. The lowest BCUT2D eigenvalue weighted by atomic mass is 10.0. The van der Waals surface area contributed by atoms with Crippen molar-refractivity contribution in [1.29, 1.82) is 0 Å². The Kier molecular flexibility index (Phi) is 6.37.